The molecule has 0 spiro atoms. The van der Waals surface area contributed by atoms with Crippen LogP contribution in [0.5, 0.6) is 0 Å². The number of amides is 2. The van der Waals surface area contributed by atoms with Gasteiger partial charge in [-0.15, -0.1) is 0 Å². The third kappa shape index (κ3) is 7.92. The van der Waals surface area contributed by atoms with E-state index in [1.807, 2.05) is 13.8 Å². The molecule has 1 atom stereocenters. The lowest BCUT2D eigenvalue weighted by atomic mass is 10.1. The van der Waals surface area contributed by atoms with Gasteiger partial charge in [-0.2, -0.15) is 0 Å². The maximum atomic E-state index is 13.5. The largest absolute Gasteiger partial charge is 0.354 e. The van der Waals surface area contributed by atoms with Crippen LogP contribution in [0.1, 0.15) is 31.9 Å². The van der Waals surface area contributed by atoms with Crippen molar-refractivity contribution >= 4 is 44.8 Å². The average molecular weight is 539 g/mol. The summed E-state index contributed by atoms with van der Waals surface area (Å²) in [6, 6.07) is 9.60. The fourth-order valence-corrected chi connectivity index (χ4v) is 4.42. The van der Waals surface area contributed by atoms with Gasteiger partial charge in [0.05, 0.1) is 16.9 Å². The van der Waals surface area contributed by atoms with Gasteiger partial charge in [0, 0.05) is 30.2 Å². The standard InChI is InChI=1S/C24H31ClN4O6S/c1-16(2)13-26-24(31)18(4)27(14-19-7-9-20(25)10-8-19)23(30)15-28(36(5,34)35)22-12-21(29(32)33)11-6-17(22)3/h6-12,16,18H,13-15H2,1-5H3,(H,26,31). The number of benzene rings is 2. The number of carbonyl (C=O) groups excluding carboxylic acids is 2. The Balaban J connectivity index is 2.45. The first-order chi connectivity index (χ1) is 16.7. The number of anilines is 1. The summed E-state index contributed by atoms with van der Waals surface area (Å²) in [7, 11) is -4.01. The Bertz CT molecular complexity index is 1220. The van der Waals surface area contributed by atoms with Crippen LogP contribution < -0.4 is 9.62 Å². The molecule has 2 aromatic carbocycles. The van der Waals surface area contributed by atoms with Crippen molar-refractivity contribution in [2.24, 2.45) is 5.92 Å². The van der Waals surface area contributed by atoms with Gasteiger partial charge in [0.25, 0.3) is 5.69 Å². The molecule has 12 heteroatoms. The minimum atomic E-state index is -4.01. The number of aryl methyl sites for hydroxylation is 1. The molecule has 0 saturated heterocycles. The number of hydrogen-bond acceptors (Lipinski definition) is 6. The summed E-state index contributed by atoms with van der Waals surface area (Å²) in [6.45, 7) is 6.82. The second-order valence-electron chi connectivity index (χ2n) is 8.96. The maximum absolute atomic E-state index is 13.5. The number of nitro benzene ring substituents is 1. The van der Waals surface area contributed by atoms with Gasteiger partial charge >= 0.3 is 0 Å². The van der Waals surface area contributed by atoms with Crippen molar-refractivity contribution in [1.82, 2.24) is 10.2 Å². The molecule has 0 radical (unpaired) electrons. The van der Waals surface area contributed by atoms with Crippen LogP contribution in [0.4, 0.5) is 11.4 Å². The Morgan fingerprint density at radius 3 is 2.25 bits per heavy atom. The first kappa shape index (κ1) is 29.1. The van der Waals surface area contributed by atoms with Crippen molar-refractivity contribution in [2.45, 2.75) is 40.3 Å². The number of nitrogens with zero attached hydrogens (tertiary/aromatic N) is 3. The predicted octanol–water partition coefficient (Wildman–Crippen LogP) is 3.51. The van der Waals surface area contributed by atoms with E-state index in [-0.39, 0.29) is 29.7 Å². The van der Waals surface area contributed by atoms with Gasteiger partial charge in [0.15, 0.2) is 0 Å². The summed E-state index contributed by atoms with van der Waals surface area (Å²) in [6.07, 6.45) is 0.918. The minimum Gasteiger partial charge on any atom is -0.354 e. The van der Waals surface area contributed by atoms with Crippen LogP contribution in [-0.4, -0.2) is 55.4 Å². The summed E-state index contributed by atoms with van der Waals surface area (Å²) < 4.78 is 26.2. The van der Waals surface area contributed by atoms with Crippen LogP contribution in [0.25, 0.3) is 0 Å². The molecule has 10 nitrogen and oxygen atoms in total. The molecule has 0 aliphatic carbocycles. The number of halogens is 1. The molecular formula is C24H31ClN4O6S. The van der Waals surface area contributed by atoms with Crippen molar-refractivity contribution in [3.63, 3.8) is 0 Å². The van der Waals surface area contributed by atoms with Crippen LogP contribution >= 0.6 is 11.6 Å². The lowest BCUT2D eigenvalue weighted by Gasteiger charge is -2.32. The molecule has 0 aliphatic heterocycles. The Hall–Kier alpha value is -3.18. The molecule has 2 amide bonds. The normalized spacial score (nSPS) is 12.2. The number of non-ortho nitro benzene ring substituents is 1. The van der Waals surface area contributed by atoms with Gasteiger partial charge in [0.2, 0.25) is 21.8 Å². The van der Waals surface area contributed by atoms with Gasteiger partial charge in [-0.1, -0.05) is 43.6 Å². The van der Waals surface area contributed by atoms with E-state index in [9.17, 15) is 28.1 Å². The molecule has 0 bridgehead atoms. The van der Waals surface area contributed by atoms with Gasteiger partial charge in [-0.3, -0.25) is 24.0 Å². The first-order valence-corrected chi connectivity index (χ1v) is 13.5. The molecule has 196 valence electrons. The quantitative estimate of drug-likeness (QED) is 0.344. The second kappa shape index (κ2) is 12.2. The van der Waals surface area contributed by atoms with Crippen molar-refractivity contribution in [3.05, 3.63) is 68.7 Å². The molecule has 36 heavy (non-hydrogen) atoms. The summed E-state index contributed by atoms with van der Waals surface area (Å²) >= 11 is 5.97. The van der Waals surface area contributed by atoms with Gasteiger partial charge in [-0.25, -0.2) is 8.42 Å². The zero-order valence-corrected chi connectivity index (χ0v) is 22.5. The highest BCUT2D eigenvalue weighted by Gasteiger charge is 2.31. The molecule has 0 heterocycles. The summed E-state index contributed by atoms with van der Waals surface area (Å²) in [4.78, 5) is 38.3. The SMILES string of the molecule is Cc1ccc([N+](=O)[O-])cc1N(CC(=O)N(Cc1ccc(Cl)cc1)C(C)C(=O)NCC(C)C)S(C)(=O)=O. The summed E-state index contributed by atoms with van der Waals surface area (Å²) in [5.41, 5.74) is 0.832. The van der Waals surface area contributed by atoms with Crippen LogP contribution in [0.15, 0.2) is 42.5 Å². The number of nitro groups is 1. The minimum absolute atomic E-state index is 0.0170. The highest BCUT2D eigenvalue weighted by atomic mass is 35.5. The maximum Gasteiger partial charge on any atom is 0.271 e. The Kier molecular flexibility index (Phi) is 9.83. The molecule has 0 fully saturated rings. The number of rotatable bonds is 11. The molecule has 2 aromatic rings. The Morgan fingerprint density at radius 2 is 1.72 bits per heavy atom. The van der Waals surface area contributed by atoms with Crippen molar-refractivity contribution in [2.75, 3.05) is 23.7 Å². The number of sulfonamides is 1. The zero-order valence-electron chi connectivity index (χ0n) is 20.9. The van der Waals surface area contributed by atoms with E-state index >= 15 is 0 Å². The van der Waals surface area contributed by atoms with Crippen molar-refractivity contribution in [3.8, 4) is 0 Å². The molecule has 0 saturated carbocycles. The number of carbonyl (C=O) groups is 2. The Labute approximate surface area is 216 Å². The van der Waals surface area contributed by atoms with E-state index in [4.69, 9.17) is 11.6 Å². The topological polar surface area (TPSA) is 130 Å². The van der Waals surface area contributed by atoms with E-state index in [1.54, 1.807) is 38.1 Å². The van der Waals surface area contributed by atoms with Crippen LogP contribution in [0, 0.1) is 23.0 Å². The molecule has 0 aromatic heterocycles. The Morgan fingerprint density at radius 1 is 1.11 bits per heavy atom. The average Bonchev–Trinajstić information content (AvgIpc) is 2.79. The van der Waals surface area contributed by atoms with Gasteiger partial charge in [0.1, 0.15) is 12.6 Å². The van der Waals surface area contributed by atoms with Crippen molar-refractivity contribution in [1.29, 1.82) is 0 Å². The molecule has 1 N–H and O–H groups in total. The molecular weight excluding hydrogens is 508 g/mol. The zero-order chi connectivity index (χ0) is 27.2. The molecule has 2 rings (SSSR count). The smallest absolute Gasteiger partial charge is 0.271 e. The van der Waals surface area contributed by atoms with Crippen LogP contribution in [-0.2, 0) is 26.2 Å². The van der Waals surface area contributed by atoms with Crippen LogP contribution in [0.2, 0.25) is 5.02 Å². The molecule has 0 aliphatic rings. The monoisotopic (exact) mass is 538 g/mol. The fraction of sp³-hybridized carbons (Fsp3) is 0.417. The number of nitrogens with one attached hydrogen (secondary N) is 1. The fourth-order valence-electron chi connectivity index (χ4n) is 3.40. The van der Waals surface area contributed by atoms with E-state index < -0.39 is 33.4 Å². The third-order valence-corrected chi connectivity index (χ3v) is 6.85. The van der Waals surface area contributed by atoms with Gasteiger partial charge in [-0.05, 0) is 43.0 Å². The highest BCUT2D eigenvalue weighted by Crippen LogP contribution is 2.28. The van der Waals surface area contributed by atoms with E-state index in [0.717, 1.165) is 16.6 Å². The lowest BCUT2D eigenvalue weighted by molar-refractivity contribution is -0.384. The molecule has 1 unspecified atom stereocenters. The van der Waals surface area contributed by atoms with Gasteiger partial charge < -0.3 is 10.2 Å². The van der Waals surface area contributed by atoms with Crippen LogP contribution in [0.3, 0.4) is 0 Å². The van der Waals surface area contributed by atoms with E-state index in [2.05, 4.69) is 5.32 Å². The highest BCUT2D eigenvalue weighted by molar-refractivity contribution is 7.92. The van der Waals surface area contributed by atoms with E-state index in [0.29, 0.717) is 22.7 Å². The second-order valence-corrected chi connectivity index (χ2v) is 11.3. The summed E-state index contributed by atoms with van der Waals surface area (Å²) in [5, 5.41) is 14.6. The predicted molar refractivity (Wildman–Crippen MR) is 139 cm³/mol. The summed E-state index contributed by atoms with van der Waals surface area (Å²) in [5.74, 6) is -0.837. The third-order valence-electron chi connectivity index (χ3n) is 5.47. The van der Waals surface area contributed by atoms with E-state index in [1.165, 1.54) is 17.0 Å². The number of hydrogen-bond donors (Lipinski definition) is 1. The first-order valence-electron chi connectivity index (χ1n) is 11.2. The lowest BCUT2D eigenvalue weighted by Crippen LogP contribution is -2.51. The van der Waals surface area contributed by atoms with Crippen molar-refractivity contribution < 1.29 is 22.9 Å².